The average Bonchev–Trinajstić information content (AvgIpc) is 2.52. The van der Waals surface area contributed by atoms with Crippen LogP contribution in [0.1, 0.15) is 62.8 Å². The van der Waals surface area contributed by atoms with Crippen molar-refractivity contribution in [2.24, 2.45) is 11.1 Å². The molecule has 0 aromatic heterocycles. The molecule has 0 bridgehead atoms. The number of rotatable bonds is 2. The van der Waals surface area contributed by atoms with Crippen LogP contribution in [0.25, 0.3) is 0 Å². The van der Waals surface area contributed by atoms with E-state index in [0.717, 1.165) is 30.4 Å². The topological polar surface area (TPSA) is 66.6 Å². The highest BCUT2D eigenvalue weighted by atomic mass is 16.3. The van der Waals surface area contributed by atoms with Gasteiger partial charge in [0.05, 0.1) is 0 Å². The van der Waals surface area contributed by atoms with Crippen molar-refractivity contribution in [2.75, 3.05) is 6.54 Å². The molecule has 2 amide bonds. The van der Waals surface area contributed by atoms with Crippen molar-refractivity contribution in [1.29, 1.82) is 0 Å². The number of aliphatic hydroxyl groups excluding tert-OH is 1. The maximum absolute atomic E-state index is 11.4. The van der Waals surface area contributed by atoms with Gasteiger partial charge < -0.3 is 15.7 Å². The molecular formula is C20H28N2O2. The molecule has 0 saturated heterocycles. The molecule has 1 atom stereocenters. The van der Waals surface area contributed by atoms with Crippen LogP contribution >= 0.6 is 0 Å². The van der Waals surface area contributed by atoms with Gasteiger partial charge in [-0.15, -0.1) is 0 Å². The van der Waals surface area contributed by atoms with Crippen molar-refractivity contribution >= 4 is 6.03 Å². The Balaban J connectivity index is 1.90. The number of hydrogen-bond donors (Lipinski definition) is 2. The molecule has 2 aliphatic rings. The van der Waals surface area contributed by atoms with E-state index in [1.54, 1.807) is 4.90 Å². The first kappa shape index (κ1) is 17.0. The molecule has 3 rings (SSSR count). The minimum Gasteiger partial charge on any atom is -0.384 e. The second kappa shape index (κ2) is 6.25. The van der Waals surface area contributed by atoms with Crippen LogP contribution in [0.15, 0.2) is 29.3 Å². The number of nitrogens with zero attached hydrogens (tertiary/aromatic N) is 1. The number of nitrogens with two attached hydrogens (primary N) is 1. The predicted molar refractivity (Wildman–Crippen MR) is 95.4 cm³/mol. The third-order valence-corrected chi connectivity index (χ3v) is 5.69. The highest BCUT2D eigenvalue weighted by Gasteiger charge is 2.33. The second-order valence-corrected chi connectivity index (χ2v) is 7.87. The van der Waals surface area contributed by atoms with Crippen LogP contribution in [-0.4, -0.2) is 22.6 Å². The summed E-state index contributed by atoms with van der Waals surface area (Å²) >= 11 is 0. The molecule has 1 heterocycles. The Morgan fingerprint density at radius 1 is 1.29 bits per heavy atom. The Bertz CT molecular complexity index is 691. The molecule has 1 unspecified atom stereocenters. The predicted octanol–water partition coefficient (Wildman–Crippen LogP) is 3.68. The van der Waals surface area contributed by atoms with Gasteiger partial charge in [0.15, 0.2) is 0 Å². The summed E-state index contributed by atoms with van der Waals surface area (Å²) in [6, 6.07) is 5.78. The Morgan fingerprint density at radius 3 is 2.71 bits per heavy atom. The highest BCUT2D eigenvalue weighted by molar-refractivity contribution is 5.72. The van der Waals surface area contributed by atoms with Crippen molar-refractivity contribution in [3.63, 3.8) is 0 Å². The van der Waals surface area contributed by atoms with E-state index in [1.807, 2.05) is 12.1 Å². The first-order valence-electron chi connectivity index (χ1n) is 8.84. The van der Waals surface area contributed by atoms with Crippen LogP contribution in [-0.2, 0) is 13.0 Å². The smallest absolute Gasteiger partial charge is 0.315 e. The first-order valence-corrected chi connectivity index (χ1v) is 8.84. The summed E-state index contributed by atoms with van der Waals surface area (Å²) < 4.78 is 0. The number of benzene rings is 1. The van der Waals surface area contributed by atoms with Crippen LogP contribution in [0.4, 0.5) is 4.79 Å². The average molecular weight is 328 g/mol. The number of primary amides is 1. The third kappa shape index (κ3) is 3.07. The van der Waals surface area contributed by atoms with E-state index in [4.69, 9.17) is 5.73 Å². The maximum atomic E-state index is 11.4. The summed E-state index contributed by atoms with van der Waals surface area (Å²) in [7, 11) is 0. The summed E-state index contributed by atoms with van der Waals surface area (Å²) in [5.74, 6) is 0. The lowest BCUT2D eigenvalue weighted by Gasteiger charge is -2.37. The fourth-order valence-electron chi connectivity index (χ4n) is 4.34. The molecule has 0 fully saturated rings. The van der Waals surface area contributed by atoms with Crippen LogP contribution in [0.2, 0.25) is 0 Å². The van der Waals surface area contributed by atoms with Crippen LogP contribution in [0.3, 0.4) is 0 Å². The molecule has 130 valence electrons. The molecule has 1 aromatic rings. The van der Waals surface area contributed by atoms with Gasteiger partial charge in [0.1, 0.15) is 6.10 Å². The normalized spacial score (nSPS) is 21.4. The number of allylic oxidation sites excluding steroid dienone is 1. The number of carbonyl (C=O) groups is 1. The van der Waals surface area contributed by atoms with Gasteiger partial charge in [-0.1, -0.05) is 37.6 Å². The lowest BCUT2D eigenvalue weighted by Crippen LogP contribution is -2.39. The molecule has 1 aliphatic carbocycles. The lowest BCUT2D eigenvalue weighted by atomic mass is 9.69. The van der Waals surface area contributed by atoms with E-state index in [-0.39, 0.29) is 11.4 Å². The van der Waals surface area contributed by atoms with Gasteiger partial charge in [-0.25, -0.2) is 4.79 Å². The van der Waals surface area contributed by atoms with E-state index in [9.17, 15) is 9.90 Å². The summed E-state index contributed by atoms with van der Waals surface area (Å²) in [4.78, 5) is 13.0. The Hall–Kier alpha value is -1.81. The zero-order valence-electron chi connectivity index (χ0n) is 14.9. The van der Waals surface area contributed by atoms with Gasteiger partial charge in [-0.2, -0.15) is 0 Å². The Kier molecular flexibility index (Phi) is 4.43. The molecule has 1 aromatic carbocycles. The van der Waals surface area contributed by atoms with E-state index < -0.39 is 6.10 Å². The number of amides is 2. The maximum Gasteiger partial charge on any atom is 0.315 e. The van der Waals surface area contributed by atoms with Gasteiger partial charge in [0.2, 0.25) is 0 Å². The third-order valence-electron chi connectivity index (χ3n) is 5.69. The van der Waals surface area contributed by atoms with Crippen molar-refractivity contribution in [3.8, 4) is 0 Å². The SMILES string of the molecule is CC1=C(C(O)c2ccc3c(c2)CCN(C(N)=O)C3)C(C)(C)CCC1. The molecule has 1 aliphatic heterocycles. The van der Waals surface area contributed by atoms with E-state index >= 15 is 0 Å². The zero-order valence-corrected chi connectivity index (χ0v) is 14.9. The van der Waals surface area contributed by atoms with Gasteiger partial charge >= 0.3 is 6.03 Å². The van der Waals surface area contributed by atoms with Gasteiger partial charge in [0.25, 0.3) is 0 Å². The van der Waals surface area contributed by atoms with E-state index in [0.29, 0.717) is 13.1 Å². The number of fused-ring (bicyclic) bond motifs is 1. The second-order valence-electron chi connectivity index (χ2n) is 7.87. The molecule has 24 heavy (non-hydrogen) atoms. The van der Waals surface area contributed by atoms with Gasteiger partial charge in [-0.3, -0.25) is 0 Å². The molecular weight excluding hydrogens is 300 g/mol. The largest absolute Gasteiger partial charge is 0.384 e. The molecule has 0 radical (unpaired) electrons. The fraction of sp³-hybridized carbons (Fsp3) is 0.550. The number of carbonyl (C=O) groups excluding carboxylic acids is 1. The number of hydrogen-bond acceptors (Lipinski definition) is 2. The molecule has 4 heteroatoms. The summed E-state index contributed by atoms with van der Waals surface area (Å²) in [5, 5.41) is 11.1. The standard InChI is InChI=1S/C20H28N2O2/c1-13-5-4-9-20(2,3)17(13)18(23)15-6-7-16-12-22(19(21)24)10-8-14(16)11-15/h6-7,11,18,23H,4-5,8-10,12H2,1-3H3,(H2,21,24). The quantitative estimate of drug-likeness (QED) is 0.813. The molecule has 0 spiro atoms. The first-order chi connectivity index (χ1) is 11.3. The van der Waals surface area contributed by atoms with Crippen molar-refractivity contribution in [3.05, 3.63) is 46.0 Å². The Morgan fingerprint density at radius 2 is 2.04 bits per heavy atom. The van der Waals surface area contributed by atoms with Crippen molar-refractivity contribution in [1.82, 2.24) is 4.90 Å². The van der Waals surface area contributed by atoms with Gasteiger partial charge in [0, 0.05) is 13.1 Å². The molecule has 3 N–H and O–H groups in total. The lowest BCUT2D eigenvalue weighted by molar-refractivity contribution is 0.170. The highest BCUT2D eigenvalue weighted by Crippen LogP contribution is 2.46. The summed E-state index contributed by atoms with van der Waals surface area (Å²) in [5.41, 5.74) is 11.3. The van der Waals surface area contributed by atoms with Crippen LogP contribution < -0.4 is 5.73 Å². The van der Waals surface area contributed by atoms with Crippen LogP contribution in [0.5, 0.6) is 0 Å². The number of aliphatic hydroxyl groups is 1. The van der Waals surface area contributed by atoms with E-state index in [2.05, 4.69) is 26.8 Å². The fourth-order valence-corrected chi connectivity index (χ4v) is 4.34. The summed E-state index contributed by atoms with van der Waals surface area (Å²) in [6.45, 7) is 7.83. The minimum atomic E-state index is -0.542. The number of urea groups is 1. The van der Waals surface area contributed by atoms with Crippen molar-refractivity contribution in [2.45, 2.75) is 59.1 Å². The summed E-state index contributed by atoms with van der Waals surface area (Å²) in [6.07, 6.45) is 3.64. The van der Waals surface area contributed by atoms with Crippen LogP contribution in [0, 0.1) is 5.41 Å². The monoisotopic (exact) mass is 328 g/mol. The Labute approximate surface area is 144 Å². The molecule has 4 nitrogen and oxygen atoms in total. The van der Waals surface area contributed by atoms with Gasteiger partial charge in [-0.05, 0) is 60.3 Å². The zero-order chi connectivity index (χ0) is 17.5. The minimum absolute atomic E-state index is 0.0421. The molecule has 0 saturated carbocycles. The van der Waals surface area contributed by atoms with E-state index in [1.165, 1.54) is 23.1 Å². The van der Waals surface area contributed by atoms with Crippen molar-refractivity contribution < 1.29 is 9.90 Å².